The van der Waals surface area contributed by atoms with Crippen LogP contribution in [0, 0.1) is 10.8 Å². The molecule has 0 bridgehead atoms. The number of hydrogen-bond acceptors (Lipinski definition) is 3. The molecule has 1 aromatic carbocycles. The second-order valence-corrected chi connectivity index (χ2v) is 6.86. The van der Waals surface area contributed by atoms with Gasteiger partial charge in [-0.05, 0) is 25.0 Å². The molecular formula is C22H39N3. The summed E-state index contributed by atoms with van der Waals surface area (Å²) in [6, 6.07) is 11.0. The van der Waals surface area contributed by atoms with Gasteiger partial charge in [-0.1, -0.05) is 96.3 Å². The molecule has 0 heterocycles. The summed E-state index contributed by atoms with van der Waals surface area (Å²) in [6.45, 7) is 7.03. The Morgan fingerprint density at radius 1 is 0.600 bits per heavy atom. The van der Waals surface area contributed by atoms with Crippen molar-refractivity contribution >= 4 is 5.69 Å². The van der Waals surface area contributed by atoms with Crippen molar-refractivity contribution in [1.29, 1.82) is 10.8 Å². The first-order chi connectivity index (χ1) is 12.4. The molecule has 0 amide bonds. The van der Waals surface area contributed by atoms with Gasteiger partial charge < -0.3 is 4.90 Å². The van der Waals surface area contributed by atoms with Crippen molar-refractivity contribution in [3.8, 4) is 0 Å². The molecule has 25 heavy (non-hydrogen) atoms. The number of para-hydroxylation sites is 1. The topological polar surface area (TPSA) is 50.8 Å². The zero-order valence-electron chi connectivity index (χ0n) is 16.6. The summed E-state index contributed by atoms with van der Waals surface area (Å²) >= 11 is 0. The zero-order valence-corrected chi connectivity index (χ0v) is 16.6. The summed E-state index contributed by atoms with van der Waals surface area (Å²) in [5.74, 6) is 0. The summed E-state index contributed by atoms with van der Waals surface area (Å²) in [5.41, 5.74) is 1.41. The maximum Gasteiger partial charge on any atom is 0.0366 e. The highest BCUT2D eigenvalue weighted by atomic mass is 15.1. The third-order valence-corrected chi connectivity index (χ3v) is 4.68. The molecule has 0 atom stereocenters. The second-order valence-electron chi connectivity index (χ2n) is 6.86. The molecule has 142 valence electrons. The lowest BCUT2D eigenvalue weighted by molar-refractivity contribution is 0.575. The largest absolute Gasteiger partial charge is 0.372 e. The van der Waals surface area contributed by atoms with Crippen LogP contribution in [0.3, 0.4) is 0 Å². The Hall–Kier alpha value is -1.56. The standard InChI is InChI=1S/C22H39N.N2/c1-3-5-7-9-11-16-20-23(22-18-14-13-15-19-22)21-17-12-10-8-6-4-2;1-2/h13-15,18-19H,3-12,16-17,20-21H2,1-2H3;. The minimum Gasteiger partial charge on any atom is -0.372 e. The van der Waals surface area contributed by atoms with Crippen molar-refractivity contribution in [2.24, 2.45) is 0 Å². The van der Waals surface area contributed by atoms with Crippen molar-refractivity contribution in [2.75, 3.05) is 18.0 Å². The smallest absolute Gasteiger partial charge is 0.0366 e. The van der Waals surface area contributed by atoms with Crippen molar-refractivity contribution in [3.05, 3.63) is 30.3 Å². The van der Waals surface area contributed by atoms with E-state index in [1.807, 2.05) is 0 Å². The molecule has 0 radical (unpaired) electrons. The molecule has 1 rings (SSSR count). The van der Waals surface area contributed by atoms with E-state index in [0.717, 1.165) is 0 Å². The van der Waals surface area contributed by atoms with Crippen LogP contribution in [0.2, 0.25) is 0 Å². The third kappa shape index (κ3) is 13.4. The molecule has 0 aliphatic rings. The highest BCUT2D eigenvalue weighted by molar-refractivity contribution is 5.45. The minimum atomic E-state index is 1.23. The van der Waals surface area contributed by atoms with Crippen LogP contribution in [-0.2, 0) is 0 Å². The molecule has 0 saturated carbocycles. The van der Waals surface area contributed by atoms with Crippen LogP contribution in [0.25, 0.3) is 0 Å². The van der Waals surface area contributed by atoms with E-state index in [4.69, 9.17) is 10.8 Å². The fourth-order valence-corrected chi connectivity index (χ4v) is 3.17. The maximum atomic E-state index is 6.00. The highest BCUT2D eigenvalue weighted by Crippen LogP contribution is 2.17. The monoisotopic (exact) mass is 345 g/mol. The van der Waals surface area contributed by atoms with Gasteiger partial charge in [-0.3, -0.25) is 0 Å². The van der Waals surface area contributed by atoms with Gasteiger partial charge >= 0.3 is 0 Å². The molecule has 0 unspecified atom stereocenters. The zero-order chi connectivity index (χ0) is 18.6. The van der Waals surface area contributed by atoms with E-state index in [1.165, 1.54) is 95.8 Å². The van der Waals surface area contributed by atoms with E-state index in [-0.39, 0.29) is 0 Å². The number of anilines is 1. The van der Waals surface area contributed by atoms with Crippen molar-refractivity contribution < 1.29 is 0 Å². The Balaban J connectivity index is 0.00000277. The van der Waals surface area contributed by atoms with Gasteiger partial charge in [-0.2, -0.15) is 0 Å². The first kappa shape index (κ1) is 23.4. The van der Waals surface area contributed by atoms with E-state index >= 15 is 0 Å². The summed E-state index contributed by atoms with van der Waals surface area (Å²) in [5, 5.41) is 12.0. The summed E-state index contributed by atoms with van der Waals surface area (Å²) in [7, 11) is 0. The molecule has 0 saturated heterocycles. The van der Waals surface area contributed by atoms with Gasteiger partial charge in [0.2, 0.25) is 0 Å². The van der Waals surface area contributed by atoms with Gasteiger partial charge in [0.1, 0.15) is 0 Å². The minimum absolute atomic E-state index is 1.23. The van der Waals surface area contributed by atoms with Gasteiger partial charge in [0.15, 0.2) is 0 Å². The molecule has 3 nitrogen and oxygen atoms in total. The quantitative estimate of drug-likeness (QED) is 0.248. The van der Waals surface area contributed by atoms with Crippen molar-refractivity contribution in [2.45, 2.75) is 90.9 Å². The van der Waals surface area contributed by atoms with Crippen LogP contribution < -0.4 is 4.90 Å². The first-order valence-corrected chi connectivity index (χ1v) is 10.4. The predicted molar refractivity (Wildman–Crippen MR) is 109 cm³/mol. The summed E-state index contributed by atoms with van der Waals surface area (Å²) in [4.78, 5) is 2.61. The highest BCUT2D eigenvalue weighted by Gasteiger charge is 2.05. The molecule has 0 fully saturated rings. The summed E-state index contributed by atoms with van der Waals surface area (Å²) < 4.78 is 0. The van der Waals surface area contributed by atoms with Crippen molar-refractivity contribution in [1.82, 2.24) is 0 Å². The van der Waals surface area contributed by atoms with Crippen LogP contribution in [0.15, 0.2) is 30.3 Å². The number of rotatable bonds is 15. The van der Waals surface area contributed by atoms with Crippen molar-refractivity contribution in [3.63, 3.8) is 0 Å². The average Bonchev–Trinajstić information content (AvgIpc) is 2.68. The Kier molecular flexibility index (Phi) is 17.6. The molecule has 3 heteroatoms. The Bertz CT molecular complexity index is 373. The van der Waals surface area contributed by atoms with Gasteiger partial charge in [-0.15, -0.1) is 0 Å². The van der Waals surface area contributed by atoms with Crippen LogP contribution in [-0.4, -0.2) is 13.1 Å². The molecular weight excluding hydrogens is 306 g/mol. The van der Waals surface area contributed by atoms with Gasteiger partial charge in [-0.25, -0.2) is 0 Å². The fraction of sp³-hybridized carbons (Fsp3) is 0.727. The Labute approximate surface area is 156 Å². The molecule has 0 spiro atoms. The molecule has 0 aliphatic heterocycles. The maximum absolute atomic E-state index is 6.00. The normalized spacial score (nSPS) is 10.1. The number of nitrogens with zero attached hydrogens (tertiary/aromatic N) is 3. The second kappa shape index (κ2) is 18.8. The van der Waals surface area contributed by atoms with Crippen LogP contribution in [0.4, 0.5) is 5.69 Å². The van der Waals surface area contributed by atoms with Crippen LogP contribution in [0.1, 0.15) is 90.9 Å². The molecule has 0 aromatic heterocycles. The molecule has 1 aromatic rings. The number of unbranched alkanes of at least 4 members (excludes halogenated alkanes) is 10. The van der Waals surface area contributed by atoms with E-state index in [1.54, 1.807) is 0 Å². The number of hydrogen-bond donors (Lipinski definition) is 0. The lowest BCUT2D eigenvalue weighted by Gasteiger charge is -2.25. The van der Waals surface area contributed by atoms with Crippen LogP contribution in [0.5, 0.6) is 0 Å². The lowest BCUT2D eigenvalue weighted by atomic mass is 10.1. The number of benzene rings is 1. The Morgan fingerprint density at radius 3 is 1.44 bits per heavy atom. The fourth-order valence-electron chi connectivity index (χ4n) is 3.17. The van der Waals surface area contributed by atoms with E-state index < -0.39 is 0 Å². The van der Waals surface area contributed by atoms with Crippen LogP contribution >= 0.6 is 0 Å². The van der Waals surface area contributed by atoms with E-state index in [0.29, 0.717) is 0 Å². The molecule has 0 N–H and O–H groups in total. The summed E-state index contributed by atoms with van der Waals surface area (Å²) in [6.07, 6.45) is 16.6. The SMILES string of the molecule is CCCCCCCCN(CCCCCCCC)c1ccccc1.N#N. The van der Waals surface area contributed by atoms with E-state index in [9.17, 15) is 0 Å². The first-order valence-electron chi connectivity index (χ1n) is 10.4. The average molecular weight is 346 g/mol. The van der Waals surface area contributed by atoms with E-state index in [2.05, 4.69) is 49.1 Å². The Morgan fingerprint density at radius 2 is 1.00 bits per heavy atom. The lowest BCUT2D eigenvalue weighted by Crippen LogP contribution is -2.25. The van der Waals surface area contributed by atoms with Gasteiger partial charge in [0.25, 0.3) is 0 Å². The predicted octanol–water partition coefficient (Wildman–Crippen LogP) is 7.24. The van der Waals surface area contributed by atoms with Gasteiger partial charge in [0, 0.05) is 29.6 Å². The van der Waals surface area contributed by atoms with Gasteiger partial charge in [0.05, 0.1) is 0 Å². The molecule has 0 aliphatic carbocycles. The third-order valence-electron chi connectivity index (χ3n) is 4.68.